The van der Waals surface area contributed by atoms with Crippen molar-refractivity contribution in [2.45, 2.75) is 43.5 Å². The van der Waals surface area contributed by atoms with Gasteiger partial charge in [0, 0.05) is 16.0 Å². The quantitative estimate of drug-likeness (QED) is 0.356. The Balaban J connectivity index is 1.56. The molecule has 4 rings (SSSR count). The Morgan fingerprint density at radius 2 is 2.00 bits per heavy atom. The normalized spacial score (nSPS) is 20.7. The van der Waals surface area contributed by atoms with Crippen LogP contribution in [0.3, 0.4) is 0 Å². The molecule has 4 atom stereocenters. The fourth-order valence-electron chi connectivity index (χ4n) is 4.28. The van der Waals surface area contributed by atoms with Crippen LogP contribution in [-0.4, -0.2) is 45.0 Å². The largest absolute Gasteiger partial charge is 0.394 e. The highest BCUT2D eigenvalue weighted by molar-refractivity contribution is 9.10. The molecule has 1 aliphatic rings. The molecule has 1 amide bonds. The molecule has 11 heteroatoms. The van der Waals surface area contributed by atoms with Crippen molar-refractivity contribution in [3.63, 3.8) is 0 Å². The summed E-state index contributed by atoms with van der Waals surface area (Å²) in [7, 11) is 0. The zero-order valence-electron chi connectivity index (χ0n) is 19.0. The number of alkyl halides is 1. The van der Waals surface area contributed by atoms with Gasteiger partial charge in [-0.2, -0.15) is 0 Å². The Morgan fingerprint density at radius 3 is 2.67 bits per heavy atom. The van der Waals surface area contributed by atoms with Crippen LogP contribution in [0.25, 0.3) is 11.3 Å². The van der Waals surface area contributed by atoms with E-state index in [0.717, 1.165) is 12.1 Å². The number of aromatic nitrogens is 2. The SMILES string of the molecule is Nc1ncc([C@@H]2CC[C@@H](O)[C@@H](F)C2)nc1-c1ccc(C(=O)N[C@H](CO)c2cc(F)cc(Br)c2)c(F)c1. The number of nitrogens with two attached hydrogens (primary N) is 1. The summed E-state index contributed by atoms with van der Waals surface area (Å²) in [6.07, 6.45) is 0.0155. The first kappa shape index (κ1) is 26.1. The minimum absolute atomic E-state index is 0.0417. The van der Waals surface area contributed by atoms with Crippen molar-refractivity contribution in [1.82, 2.24) is 15.3 Å². The van der Waals surface area contributed by atoms with Gasteiger partial charge in [0.05, 0.1) is 36.2 Å². The zero-order valence-corrected chi connectivity index (χ0v) is 20.6. The topological polar surface area (TPSA) is 121 Å². The van der Waals surface area contributed by atoms with Crippen molar-refractivity contribution in [3.05, 3.63) is 75.5 Å². The first-order chi connectivity index (χ1) is 17.2. The third-order valence-corrected chi connectivity index (χ3v) is 6.70. The molecular weight excluding hydrogens is 541 g/mol. The second kappa shape index (κ2) is 10.9. The number of anilines is 1. The van der Waals surface area contributed by atoms with E-state index < -0.39 is 42.5 Å². The van der Waals surface area contributed by atoms with Crippen molar-refractivity contribution in [3.8, 4) is 11.3 Å². The van der Waals surface area contributed by atoms with Crippen LogP contribution in [0.4, 0.5) is 19.0 Å². The number of rotatable bonds is 6. The van der Waals surface area contributed by atoms with E-state index in [2.05, 4.69) is 31.2 Å². The third kappa shape index (κ3) is 5.69. The van der Waals surface area contributed by atoms with Crippen molar-refractivity contribution >= 4 is 27.7 Å². The summed E-state index contributed by atoms with van der Waals surface area (Å²) in [4.78, 5) is 21.3. The molecule has 2 aromatic carbocycles. The maximum absolute atomic E-state index is 15.0. The summed E-state index contributed by atoms with van der Waals surface area (Å²) in [5.74, 6) is -2.45. The third-order valence-electron chi connectivity index (χ3n) is 6.24. The van der Waals surface area contributed by atoms with Crippen molar-refractivity contribution in [2.75, 3.05) is 12.3 Å². The molecular formula is C25H24BrF3N4O3. The van der Waals surface area contributed by atoms with Gasteiger partial charge in [-0.3, -0.25) is 4.79 Å². The fraction of sp³-hybridized carbons (Fsp3) is 0.320. The number of carbonyl (C=O) groups excluding carboxylic acids is 1. The predicted molar refractivity (Wildman–Crippen MR) is 131 cm³/mol. The van der Waals surface area contributed by atoms with Gasteiger partial charge in [-0.05, 0) is 55.2 Å². The van der Waals surface area contributed by atoms with Crippen LogP contribution >= 0.6 is 15.9 Å². The highest BCUT2D eigenvalue weighted by Gasteiger charge is 2.31. The Bertz CT molecular complexity index is 1260. The number of hydrogen-bond donors (Lipinski definition) is 4. The molecule has 1 fully saturated rings. The van der Waals surface area contributed by atoms with Gasteiger partial charge < -0.3 is 21.3 Å². The predicted octanol–water partition coefficient (Wildman–Crippen LogP) is 4.20. The fourth-order valence-corrected chi connectivity index (χ4v) is 4.77. The molecule has 190 valence electrons. The van der Waals surface area contributed by atoms with Crippen molar-refractivity contribution in [2.24, 2.45) is 0 Å². The smallest absolute Gasteiger partial charge is 0.254 e. The molecule has 7 nitrogen and oxygen atoms in total. The number of aliphatic hydroxyl groups excluding tert-OH is 2. The van der Waals surface area contributed by atoms with Crippen LogP contribution in [0.1, 0.15) is 52.8 Å². The second-order valence-corrected chi connectivity index (χ2v) is 9.64. The van der Waals surface area contributed by atoms with E-state index in [0.29, 0.717) is 28.6 Å². The zero-order chi connectivity index (χ0) is 26.0. The second-order valence-electron chi connectivity index (χ2n) is 8.73. The van der Waals surface area contributed by atoms with Gasteiger partial charge in [0.2, 0.25) is 0 Å². The highest BCUT2D eigenvalue weighted by Crippen LogP contribution is 2.35. The van der Waals surface area contributed by atoms with E-state index in [9.17, 15) is 28.2 Å². The highest BCUT2D eigenvalue weighted by atomic mass is 79.9. The number of halogens is 4. The average molecular weight is 565 g/mol. The van der Waals surface area contributed by atoms with Gasteiger partial charge in [-0.1, -0.05) is 22.0 Å². The molecule has 0 bridgehead atoms. The first-order valence-corrected chi connectivity index (χ1v) is 12.1. The van der Waals surface area contributed by atoms with Crippen LogP contribution in [-0.2, 0) is 0 Å². The van der Waals surface area contributed by atoms with Crippen molar-refractivity contribution < 1.29 is 28.2 Å². The summed E-state index contributed by atoms with van der Waals surface area (Å²) >= 11 is 3.16. The lowest BCUT2D eigenvalue weighted by molar-refractivity contribution is 0.0363. The number of aliphatic hydroxyl groups is 2. The maximum atomic E-state index is 15.0. The number of benzene rings is 2. The molecule has 1 heterocycles. The van der Waals surface area contributed by atoms with E-state index in [1.165, 1.54) is 30.5 Å². The minimum atomic E-state index is -1.36. The molecule has 3 aromatic rings. The number of nitrogens with zero attached hydrogens (tertiary/aromatic N) is 2. The first-order valence-electron chi connectivity index (χ1n) is 11.3. The van der Waals surface area contributed by atoms with Gasteiger partial charge in [0.25, 0.3) is 5.91 Å². The molecule has 0 saturated heterocycles. The van der Waals surface area contributed by atoms with Gasteiger partial charge in [0.1, 0.15) is 29.3 Å². The number of hydrogen-bond acceptors (Lipinski definition) is 6. The number of nitrogen functional groups attached to an aromatic ring is 1. The molecule has 36 heavy (non-hydrogen) atoms. The summed E-state index contributed by atoms with van der Waals surface area (Å²) < 4.78 is 43.2. The van der Waals surface area contributed by atoms with Crippen LogP contribution in [0, 0.1) is 11.6 Å². The van der Waals surface area contributed by atoms with E-state index in [1.807, 2.05) is 0 Å². The summed E-state index contributed by atoms with van der Waals surface area (Å²) in [5, 5.41) is 21.8. The lowest BCUT2D eigenvalue weighted by Gasteiger charge is -2.28. The van der Waals surface area contributed by atoms with Crippen LogP contribution < -0.4 is 11.1 Å². The Kier molecular flexibility index (Phi) is 7.91. The van der Waals surface area contributed by atoms with Crippen LogP contribution in [0.5, 0.6) is 0 Å². The molecule has 0 unspecified atom stereocenters. The summed E-state index contributed by atoms with van der Waals surface area (Å²) in [5.41, 5.74) is 6.94. The maximum Gasteiger partial charge on any atom is 0.254 e. The Hall–Kier alpha value is -3.02. The lowest BCUT2D eigenvalue weighted by atomic mass is 9.84. The van der Waals surface area contributed by atoms with Gasteiger partial charge in [-0.25, -0.2) is 23.1 Å². The number of carbonyl (C=O) groups is 1. The van der Waals surface area contributed by atoms with E-state index >= 15 is 0 Å². The van der Waals surface area contributed by atoms with E-state index in [1.54, 1.807) is 0 Å². The molecule has 1 aliphatic carbocycles. The van der Waals surface area contributed by atoms with Crippen LogP contribution in [0.2, 0.25) is 0 Å². The number of amides is 1. The molecule has 1 saturated carbocycles. The summed E-state index contributed by atoms with van der Waals surface area (Å²) in [6, 6.07) is 6.77. The van der Waals surface area contributed by atoms with Crippen molar-refractivity contribution in [1.29, 1.82) is 0 Å². The van der Waals surface area contributed by atoms with E-state index in [4.69, 9.17) is 5.73 Å². The molecule has 0 spiro atoms. The molecule has 0 radical (unpaired) electrons. The number of nitrogens with one attached hydrogen (secondary N) is 1. The van der Waals surface area contributed by atoms with Gasteiger partial charge >= 0.3 is 0 Å². The Labute approximate surface area is 213 Å². The lowest BCUT2D eigenvalue weighted by Crippen LogP contribution is -2.31. The van der Waals surface area contributed by atoms with E-state index in [-0.39, 0.29) is 35.0 Å². The van der Waals surface area contributed by atoms with Crippen LogP contribution in [0.15, 0.2) is 47.1 Å². The summed E-state index contributed by atoms with van der Waals surface area (Å²) in [6.45, 7) is -0.530. The standard InChI is InChI=1S/C25H24BrF3N4O3/c26-15-5-14(6-16(27)9-15)21(11-34)33-25(36)17-3-1-13(8-18(17)28)23-24(30)31-10-20(32-23)12-2-4-22(35)19(29)7-12/h1,3,5-6,8-10,12,19,21-22,34-35H,2,4,7,11H2,(H2,30,31)(H,33,36)/t12-,19+,21-,22-/m1/s1. The monoisotopic (exact) mass is 564 g/mol. The molecule has 5 N–H and O–H groups in total. The average Bonchev–Trinajstić information content (AvgIpc) is 2.83. The minimum Gasteiger partial charge on any atom is -0.394 e. The van der Waals surface area contributed by atoms with Gasteiger partial charge in [0.15, 0.2) is 0 Å². The molecule has 0 aliphatic heterocycles. The molecule has 1 aromatic heterocycles. The van der Waals surface area contributed by atoms with Gasteiger partial charge in [-0.15, -0.1) is 0 Å². The Morgan fingerprint density at radius 1 is 1.22 bits per heavy atom.